The normalized spacial score (nSPS) is 21.8. The molecular weight excluding hydrogens is 352 g/mol. The summed E-state index contributed by atoms with van der Waals surface area (Å²) in [6.07, 6.45) is 4.32. The van der Waals surface area contributed by atoms with Crippen LogP contribution >= 0.6 is 0 Å². The molecule has 0 spiro atoms. The number of hydrogen-bond donors (Lipinski definition) is 2. The van der Waals surface area contributed by atoms with E-state index in [4.69, 9.17) is 0 Å². The molecule has 6 heteroatoms. The van der Waals surface area contributed by atoms with Crippen molar-refractivity contribution in [3.05, 3.63) is 35.9 Å². The molecule has 2 aliphatic rings. The van der Waals surface area contributed by atoms with Gasteiger partial charge in [-0.1, -0.05) is 30.3 Å². The van der Waals surface area contributed by atoms with Gasteiger partial charge in [-0.05, 0) is 50.8 Å². The van der Waals surface area contributed by atoms with E-state index in [2.05, 4.69) is 52.5 Å². The molecule has 0 aliphatic carbocycles. The monoisotopic (exact) mass is 388 g/mol. The van der Waals surface area contributed by atoms with Gasteiger partial charge in [-0.2, -0.15) is 0 Å². The lowest BCUT2D eigenvalue weighted by Gasteiger charge is -2.37. The summed E-state index contributed by atoms with van der Waals surface area (Å²) < 4.78 is 0. The number of carbonyl (C=O) groups is 1. The van der Waals surface area contributed by atoms with Crippen molar-refractivity contribution < 1.29 is 9.90 Å². The molecule has 0 radical (unpaired) electrons. The summed E-state index contributed by atoms with van der Waals surface area (Å²) in [4.78, 5) is 19.2. The summed E-state index contributed by atoms with van der Waals surface area (Å²) >= 11 is 0. The fraction of sp³-hybridized carbons (Fsp3) is 0.682. The molecular formula is C22H36N4O2. The fourth-order valence-electron chi connectivity index (χ4n) is 4.45. The number of aliphatic hydroxyl groups excluding tert-OH is 1. The van der Waals surface area contributed by atoms with E-state index in [1.165, 1.54) is 5.56 Å². The second kappa shape index (κ2) is 10.8. The van der Waals surface area contributed by atoms with Gasteiger partial charge in [0.1, 0.15) is 0 Å². The predicted octanol–water partition coefficient (Wildman–Crippen LogP) is 2.00. The number of urea groups is 1. The maximum atomic E-state index is 12.5. The first kappa shape index (κ1) is 21.1. The smallest absolute Gasteiger partial charge is 0.317 e. The number of nitrogens with zero attached hydrogens (tertiary/aromatic N) is 3. The van der Waals surface area contributed by atoms with Crippen molar-refractivity contribution in [2.75, 3.05) is 52.9 Å². The summed E-state index contributed by atoms with van der Waals surface area (Å²) in [7, 11) is 2.19. The van der Waals surface area contributed by atoms with E-state index in [-0.39, 0.29) is 12.6 Å². The van der Waals surface area contributed by atoms with E-state index in [0.29, 0.717) is 18.5 Å². The zero-order valence-electron chi connectivity index (χ0n) is 17.2. The molecule has 3 rings (SSSR count). The minimum atomic E-state index is 0.0693. The molecule has 1 atom stereocenters. The van der Waals surface area contributed by atoms with Crippen LogP contribution in [0.25, 0.3) is 0 Å². The lowest BCUT2D eigenvalue weighted by molar-refractivity contribution is 0.117. The highest BCUT2D eigenvalue weighted by Gasteiger charge is 2.25. The van der Waals surface area contributed by atoms with Crippen molar-refractivity contribution in [1.82, 2.24) is 20.0 Å². The van der Waals surface area contributed by atoms with Crippen LogP contribution in [0, 0.1) is 5.92 Å². The van der Waals surface area contributed by atoms with Crippen LogP contribution in [-0.4, -0.2) is 84.8 Å². The van der Waals surface area contributed by atoms with Crippen molar-refractivity contribution >= 4 is 6.03 Å². The molecule has 2 aliphatic heterocycles. The Hall–Kier alpha value is -1.63. The number of piperidine rings is 2. The van der Waals surface area contributed by atoms with Crippen LogP contribution in [0.15, 0.2) is 30.3 Å². The molecule has 1 aromatic carbocycles. The molecule has 2 amide bonds. The highest BCUT2D eigenvalue weighted by molar-refractivity contribution is 5.74. The van der Waals surface area contributed by atoms with Gasteiger partial charge in [0.2, 0.25) is 0 Å². The van der Waals surface area contributed by atoms with Crippen LogP contribution in [-0.2, 0) is 6.54 Å². The highest BCUT2D eigenvalue weighted by atomic mass is 16.3. The second-order valence-electron chi connectivity index (χ2n) is 8.34. The summed E-state index contributed by atoms with van der Waals surface area (Å²) in [5.74, 6) is 0.399. The van der Waals surface area contributed by atoms with Gasteiger partial charge in [-0.15, -0.1) is 0 Å². The Morgan fingerprint density at radius 2 is 1.93 bits per heavy atom. The molecule has 0 bridgehead atoms. The third kappa shape index (κ3) is 6.19. The van der Waals surface area contributed by atoms with Gasteiger partial charge in [-0.3, -0.25) is 4.90 Å². The zero-order chi connectivity index (χ0) is 19.8. The number of benzene rings is 1. The van der Waals surface area contributed by atoms with E-state index in [1.807, 2.05) is 4.90 Å². The topological polar surface area (TPSA) is 59.0 Å². The molecule has 2 fully saturated rings. The number of amides is 2. The maximum Gasteiger partial charge on any atom is 0.317 e. The lowest BCUT2D eigenvalue weighted by Crippen LogP contribution is -2.50. The number of likely N-dealkylation sites (tertiary alicyclic amines) is 2. The van der Waals surface area contributed by atoms with Gasteiger partial charge in [0, 0.05) is 51.9 Å². The summed E-state index contributed by atoms with van der Waals surface area (Å²) in [5, 5.41) is 12.4. The largest absolute Gasteiger partial charge is 0.396 e. The first-order valence-corrected chi connectivity index (χ1v) is 10.8. The summed E-state index contributed by atoms with van der Waals surface area (Å²) in [6, 6.07) is 11.2. The van der Waals surface area contributed by atoms with Crippen molar-refractivity contribution in [2.45, 2.75) is 38.3 Å². The summed E-state index contributed by atoms with van der Waals surface area (Å²) in [5.41, 5.74) is 1.34. The number of carbonyl (C=O) groups excluding carboxylic acids is 1. The predicted molar refractivity (Wildman–Crippen MR) is 112 cm³/mol. The SMILES string of the molecule is CN(Cc1ccccc1)C1CCN(C(=O)NCCN2CCCC(CO)C2)CC1. The molecule has 1 aromatic rings. The Bertz CT molecular complexity index is 589. The quantitative estimate of drug-likeness (QED) is 0.750. The van der Waals surface area contributed by atoms with Gasteiger partial charge >= 0.3 is 6.03 Å². The molecule has 6 nitrogen and oxygen atoms in total. The number of hydrogen-bond acceptors (Lipinski definition) is 4. The molecule has 2 heterocycles. The molecule has 2 saturated heterocycles. The van der Waals surface area contributed by atoms with E-state index >= 15 is 0 Å². The Kier molecular flexibility index (Phi) is 8.13. The minimum Gasteiger partial charge on any atom is -0.396 e. The third-order valence-electron chi connectivity index (χ3n) is 6.22. The summed E-state index contributed by atoms with van der Waals surface area (Å²) in [6.45, 7) is 6.47. The van der Waals surface area contributed by atoms with Gasteiger partial charge in [0.05, 0.1) is 0 Å². The van der Waals surface area contributed by atoms with Crippen molar-refractivity contribution in [2.24, 2.45) is 5.92 Å². The average molecular weight is 389 g/mol. The average Bonchev–Trinajstić information content (AvgIpc) is 2.74. The maximum absolute atomic E-state index is 12.5. The Morgan fingerprint density at radius 1 is 1.18 bits per heavy atom. The van der Waals surface area contributed by atoms with E-state index in [9.17, 15) is 9.90 Å². The van der Waals surface area contributed by atoms with Crippen LogP contribution < -0.4 is 5.32 Å². The van der Waals surface area contributed by atoms with Crippen molar-refractivity contribution in [3.8, 4) is 0 Å². The Morgan fingerprint density at radius 3 is 2.64 bits per heavy atom. The molecule has 0 aromatic heterocycles. The fourth-order valence-corrected chi connectivity index (χ4v) is 4.45. The molecule has 1 unspecified atom stereocenters. The van der Waals surface area contributed by atoms with E-state index in [1.54, 1.807) is 0 Å². The molecule has 156 valence electrons. The minimum absolute atomic E-state index is 0.0693. The molecule has 2 N–H and O–H groups in total. The first-order valence-electron chi connectivity index (χ1n) is 10.8. The standard InChI is InChI=1S/C22H36N4O2/c1-24(16-19-6-3-2-4-7-19)21-9-13-26(14-10-21)22(28)23-11-15-25-12-5-8-20(17-25)18-27/h2-4,6-7,20-21,27H,5,8-18H2,1H3,(H,23,28). The van der Waals surface area contributed by atoms with Gasteiger partial charge < -0.3 is 20.2 Å². The van der Waals surface area contributed by atoms with Gasteiger partial charge in [0.25, 0.3) is 0 Å². The van der Waals surface area contributed by atoms with Crippen LogP contribution in [0.4, 0.5) is 4.79 Å². The second-order valence-corrected chi connectivity index (χ2v) is 8.34. The lowest BCUT2D eigenvalue weighted by atomic mass is 9.99. The molecule has 0 saturated carbocycles. The number of rotatable bonds is 7. The van der Waals surface area contributed by atoms with Gasteiger partial charge in [-0.25, -0.2) is 4.79 Å². The highest BCUT2D eigenvalue weighted by Crippen LogP contribution is 2.18. The van der Waals surface area contributed by atoms with Crippen LogP contribution in [0.3, 0.4) is 0 Å². The molecule has 28 heavy (non-hydrogen) atoms. The first-order chi connectivity index (χ1) is 13.7. The Balaban J connectivity index is 1.33. The zero-order valence-corrected chi connectivity index (χ0v) is 17.2. The van der Waals surface area contributed by atoms with E-state index in [0.717, 1.165) is 65.0 Å². The Labute approximate surface area is 169 Å². The van der Waals surface area contributed by atoms with Crippen LogP contribution in [0.5, 0.6) is 0 Å². The number of aliphatic hydroxyl groups is 1. The number of nitrogens with one attached hydrogen (secondary N) is 1. The van der Waals surface area contributed by atoms with Crippen molar-refractivity contribution in [1.29, 1.82) is 0 Å². The van der Waals surface area contributed by atoms with E-state index < -0.39 is 0 Å². The van der Waals surface area contributed by atoms with Gasteiger partial charge in [0.15, 0.2) is 0 Å². The van der Waals surface area contributed by atoms with Crippen LogP contribution in [0.2, 0.25) is 0 Å². The van der Waals surface area contributed by atoms with Crippen LogP contribution in [0.1, 0.15) is 31.2 Å². The third-order valence-corrected chi connectivity index (χ3v) is 6.22. The van der Waals surface area contributed by atoms with Crippen molar-refractivity contribution in [3.63, 3.8) is 0 Å².